The number of nitrogens with one attached hydrogen (secondary N) is 1. The quantitative estimate of drug-likeness (QED) is 0.793. The summed E-state index contributed by atoms with van der Waals surface area (Å²) in [5.41, 5.74) is 0. The normalized spacial score (nSPS) is 32.6. The van der Waals surface area contributed by atoms with Crippen LogP contribution in [0.4, 0.5) is 0 Å². The second-order valence-electron chi connectivity index (χ2n) is 5.28. The highest BCUT2D eigenvalue weighted by atomic mass is 16.5. The number of morpholine rings is 1. The zero-order valence-electron chi connectivity index (χ0n) is 11.2. The van der Waals surface area contributed by atoms with E-state index in [0.717, 1.165) is 32.8 Å². The monoisotopic (exact) mass is 242 g/mol. The standard InChI is InChI=1S/C13H26N2O2/c1-11(13-9-14-6-8-17-13)15(2)10-12-5-3-4-7-16-12/h11-14H,3-10H2,1-2H3. The van der Waals surface area contributed by atoms with Crippen molar-refractivity contribution < 1.29 is 9.47 Å². The van der Waals surface area contributed by atoms with Crippen LogP contribution in [0.1, 0.15) is 26.2 Å². The highest BCUT2D eigenvalue weighted by Gasteiger charge is 2.26. The fraction of sp³-hybridized carbons (Fsp3) is 1.00. The molecule has 3 unspecified atom stereocenters. The Bertz CT molecular complexity index is 213. The largest absolute Gasteiger partial charge is 0.377 e. The molecule has 0 aliphatic carbocycles. The molecule has 100 valence electrons. The molecule has 0 radical (unpaired) electrons. The van der Waals surface area contributed by atoms with E-state index in [0.29, 0.717) is 18.2 Å². The van der Waals surface area contributed by atoms with E-state index >= 15 is 0 Å². The van der Waals surface area contributed by atoms with Crippen LogP contribution in [0.3, 0.4) is 0 Å². The Hall–Kier alpha value is -0.160. The van der Waals surface area contributed by atoms with Gasteiger partial charge >= 0.3 is 0 Å². The lowest BCUT2D eigenvalue weighted by Gasteiger charge is -2.36. The molecule has 17 heavy (non-hydrogen) atoms. The summed E-state index contributed by atoms with van der Waals surface area (Å²) in [5, 5.41) is 3.39. The van der Waals surface area contributed by atoms with E-state index < -0.39 is 0 Å². The predicted molar refractivity (Wildman–Crippen MR) is 68.3 cm³/mol. The summed E-state index contributed by atoms with van der Waals surface area (Å²) in [6.07, 6.45) is 4.49. The van der Waals surface area contributed by atoms with Gasteiger partial charge in [0.1, 0.15) is 0 Å². The lowest BCUT2D eigenvalue weighted by molar-refractivity contribution is -0.0464. The minimum absolute atomic E-state index is 0.317. The molecule has 0 aromatic rings. The summed E-state index contributed by atoms with van der Waals surface area (Å²) >= 11 is 0. The average Bonchev–Trinajstić information content (AvgIpc) is 2.40. The van der Waals surface area contributed by atoms with Crippen molar-refractivity contribution >= 4 is 0 Å². The first kappa shape index (κ1) is 13.3. The first-order valence-electron chi connectivity index (χ1n) is 6.91. The number of likely N-dealkylation sites (N-methyl/N-ethyl adjacent to an activating group) is 1. The number of hydrogen-bond donors (Lipinski definition) is 1. The van der Waals surface area contributed by atoms with Crippen LogP contribution < -0.4 is 5.32 Å². The van der Waals surface area contributed by atoms with Crippen molar-refractivity contribution in [3.8, 4) is 0 Å². The van der Waals surface area contributed by atoms with Crippen molar-refractivity contribution in [1.82, 2.24) is 10.2 Å². The van der Waals surface area contributed by atoms with Gasteiger partial charge < -0.3 is 14.8 Å². The number of nitrogens with zero attached hydrogens (tertiary/aromatic N) is 1. The average molecular weight is 242 g/mol. The van der Waals surface area contributed by atoms with Crippen LogP contribution in [0.5, 0.6) is 0 Å². The van der Waals surface area contributed by atoms with Crippen LogP contribution in [0, 0.1) is 0 Å². The van der Waals surface area contributed by atoms with Gasteiger partial charge in [0.2, 0.25) is 0 Å². The SMILES string of the molecule is CC(C1CNCCO1)N(C)CC1CCCCO1. The Morgan fingerprint density at radius 1 is 1.29 bits per heavy atom. The van der Waals surface area contributed by atoms with E-state index in [4.69, 9.17) is 9.47 Å². The molecule has 2 heterocycles. The second-order valence-corrected chi connectivity index (χ2v) is 5.28. The Morgan fingerprint density at radius 2 is 2.18 bits per heavy atom. The van der Waals surface area contributed by atoms with Crippen LogP contribution in [0.25, 0.3) is 0 Å². The molecule has 2 fully saturated rings. The van der Waals surface area contributed by atoms with Crippen molar-refractivity contribution in [2.75, 3.05) is 39.9 Å². The van der Waals surface area contributed by atoms with Crippen molar-refractivity contribution in [1.29, 1.82) is 0 Å². The third-order valence-corrected chi connectivity index (χ3v) is 3.96. The second kappa shape index (κ2) is 6.69. The smallest absolute Gasteiger partial charge is 0.0852 e. The Kier molecular flexibility index (Phi) is 5.22. The maximum atomic E-state index is 5.81. The fourth-order valence-electron chi connectivity index (χ4n) is 2.62. The summed E-state index contributed by atoms with van der Waals surface area (Å²) < 4.78 is 11.6. The van der Waals surface area contributed by atoms with Crippen molar-refractivity contribution in [2.24, 2.45) is 0 Å². The van der Waals surface area contributed by atoms with Gasteiger partial charge in [0.25, 0.3) is 0 Å². The molecular formula is C13H26N2O2. The van der Waals surface area contributed by atoms with Crippen molar-refractivity contribution in [2.45, 2.75) is 44.4 Å². The summed E-state index contributed by atoms with van der Waals surface area (Å²) in [6, 6.07) is 0.452. The first-order valence-corrected chi connectivity index (χ1v) is 6.91. The van der Waals surface area contributed by atoms with Gasteiger partial charge in [-0.1, -0.05) is 0 Å². The molecule has 0 aromatic carbocycles. The summed E-state index contributed by atoms with van der Waals surface area (Å²) in [4.78, 5) is 2.38. The molecule has 2 aliphatic heterocycles. The Labute approximate surface area is 105 Å². The van der Waals surface area contributed by atoms with E-state index in [2.05, 4.69) is 24.2 Å². The molecule has 2 saturated heterocycles. The number of hydrogen-bond acceptors (Lipinski definition) is 4. The molecule has 0 spiro atoms. The van der Waals surface area contributed by atoms with Crippen molar-refractivity contribution in [3.63, 3.8) is 0 Å². The van der Waals surface area contributed by atoms with Crippen LogP contribution in [0.15, 0.2) is 0 Å². The summed E-state index contributed by atoms with van der Waals surface area (Å²) in [5.74, 6) is 0. The van der Waals surface area contributed by atoms with Crippen molar-refractivity contribution in [3.05, 3.63) is 0 Å². The maximum Gasteiger partial charge on any atom is 0.0852 e. The van der Waals surface area contributed by atoms with Crippen LogP contribution >= 0.6 is 0 Å². The van der Waals surface area contributed by atoms with Crippen LogP contribution in [0.2, 0.25) is 0 Å². The van der Waals surface area contributed by atoms with Crippen LogP contribution in [-0.2, 0) is 9.47 Å². The molecule has 4 nitrogen and oxygen atoms in total. The minimum atomic E-state index is 0.317. The fourth-order valence-corrected chi connectivity index (χ4v) is 2.62. The lowest BCUT2D eigenvalue weighted by atomic mass is 10.1. The third kappa shape index (κ3) is 3.91. The Morgan fingerprint density at radius 3 is 2.82 bits per heavy atom. The highest BCUT2D eigenvalue weighted by molar-refractivity contribution is 4.80. The van der Waals surface area contributed by atoms with Gasteiger partial charge in [-0.25, -0.2) is 0 Å². The number of rotatable bonds is 4. The van der Waals surface area contributed by atoms with Gasteiger partial charge in [0.05, 0.1) is 18.8 Å². The highest BCUT2D eigenvalue weighted by Crippen LogP contribution is 2.16. The van der Waals surface area contributed by atoms with E-state index in [9.17, 15) is 0 Å². The molecule has 4 heteroatoms. The van der Waals surface area contributed by atoms with E-state index in [-0.39, 0.29) is 0 Å². The van der Waals surface area contributed by atoms with Gasteiger partial charge in [-0.3, -0.25) is 4.90 Å². The minimum Gasteiger partial charge on any atom is -0.377 e. The topological polar surface area (TPSA) is 33.7 Å². The lowest BCUT2D eigenvalue weighted by Crippen LogP contribution is -2.51. The Balaban J connectivity index is 1.75. The predicted octanol–water partition coefficient (Wildman–Crippen LogP) is 0.864. The van der Waals surface area contributed by atoms with Crippen LogP contribution in [-0.4, -0.2) is 63.0 Å². The molecule has 2 rings (SSSR count). The maximum absolute atomic E-state index is 5.81. The third-order valence-electron chi connectivity index (χ3n) is 3.96. The molecule has 0 bridgehead atoms. The number of ether oxygens (including phenoxy) is 2. The van der Waals surface area contributed by atoms with E-state index in [1.807, 2.05) is 0 Å². The molecule has 3 atom stereocenters. The van der Waals surface area contributed by atoms with Gasteiger partial charge in [-0.2, -0.15) is 0 Å². The zero-order chi connectivity index (χ0) is 12.1. The molecule has 0 aromatic heterocycles. The summed E-state index contributed by atoms with van der Waals surface area (Å²) in [7, 11) is 2.18. The molecular weight excluding hydrogens is 216 g/mol. The van der Waals surface area contributed by atoms with Gasteiger partial charge in [-0.15, -0.1) is 0 Å². The summed E-state index contributed by atoms with van der Waals surface area (Å²) in [6.45, 7) is 7.01. The van der Waals surface area contributed by atoms with E-state index in [1.165, 1.54) is 19.3 Å². The molecule has 2 aliphatic rings. The molecule has 0 amide bonds. The zero-order valence-corrected chi connectivity index (χ0v) is 11.2. The molecule has 1 N–H and O–H groups in total. The molecule has 0 saturated carbocycles. The van der Waals surface area contributed by atoms with Gasteiger partial charge in [-0.05, 0) is 33.2 Å². The van der Waals surface area contributed by atoms with Gasteiger partial charge in [0.15, 0.2) is 0 Å². The van der Waals surface area contributed by atoms with Gasteiger partial charge in [0, 0.05) is 32.3 Å². The first-order chi connectivity index (χ1) is 8.27. The van der Waals surface area contributed by atoms with E-state index in [1.54, 1.807) is 0 Å².